The Balaban J connectivity index is 2.81. The van der Waals surface area contributed by atoms with Gasteiger partial charge in [0.25, 0.3) is 0 Å². The molecular formula is C7H7ClN4. The van der Waals surface area contributed by atoms with Gasteiger partial charge in [0.1, 0.15) is 0 Å². The van der Waals surface area contributed by atoms with Crippen LogP contribution in [-0.2, 0) is 6.54 Å². The summed E-state index contributed by atoms with van der Waals surface area (Å²) in [6.07, 6.45) is 1.80. The molecule has 0 spiro atoms. The zero-order valence-electron chi connectivity index (χ0n) is 6.24. The summed E-state index contributed by atoms with van der Waals surface area (Å²) in [5.41, 5.74) is 7.17. The second-order valence-corrected chi connectivity index (χ2v) is 2.74. The van der Waals surface area contributed by atoms with Gasteiger partial charge in [-0.25, -0.2) is 0 Å². The van der Waals surface area contributed by atoms with Crippen molar-refractivity contribution in [1.29, 1.82) is 0 Å². The van der Waals surface area contributed by atoms with Gasteiger partial charge in [0, 0.05) is 18.3 Å². The van der Waals surface area contributed by atoms with Crippen LogP contribution >= 0.6 is 11.6 Å². The number of hydrogen-bond acceptors (Lipinski definition) is 3. The number of pyridine rings is 1. The summed E-state index contributed by atoms with van der Waals surface area (Å²) in [7, 11) is 0. The molecule has 5 heteroatoms. The topological polar surface area (TPSA) is 56.2 Å². The predicted molar refractivity (Wildman–Crippen MR) is 45.9 cm³/mol. The third kappa shape index (κ3) is 0.964. The quantitative estimate of drug-likeness (QED) is 0.711. The molecule has 0 aliphatic heterocycles. The van der Waals surface area contributed by atoms with Crippen LogP contribution < -0.4 is 5.73 Å². The molecule has 62 valence electrons. The van der Waals surface area contributed by atoms with E-state index in [2.05, 4.69) is 10.2 Å². The highest BCUT2D eigenvalue weighted by Gasteiger charge is 2.04. The maximum atomic E-state index is 5.75. The fraction of sp³-hybridized carbons (Fsp3) is 0.143. The molecular weight excluding hydrogens is 176 g/mol. The molecule has 0 bridgehead atoms. The summed E-state index contributed by atoms with van der Waals surface area (Å²) in [6.45, 7) is 0.444. The second kappa shape index (κ2) is 2.73. The molecule has 2 aromatic heterocycles. The van der Waals surface area contributed by atoms with E-state index >= 15 is 0 Å². The van der Waals surface area contributed by atoms with Crippen molar-refractivity contribution in [3.63, 3.8) is 0 Å². The van der Waals surface area contributed by atoms with Crippen LogP contribution in [0.4, 0.5) is 0 Å². The van der Waals surface area contributed by atoms with E-state index in [9.17, 15) is 0 Å². The monoisotopic (exact) mass is 182 g/mol. The van der Waals surface area contributed by atoms with Crippen LogP contribution in [0.5, 0.6) is 0 Å². The summed E-state index contributed by atoms with van der Waals surface area (Å²) in [5.74, 6) is 0. The van der Waals surface area contributed by atoms with Gasteiger partial charge >= 0.3 is 0 Å². The predicted octanol–water partition coefficient (Wildman–Crippen LogP) is 0.841. The minimum absolute atomic E-state index is 0.361. The summed E-state index contributed by atoms with van der Waals surface area (Å²) >= 11 is 5.75. The Bertz CT molecular complexity index is 409. The van der Waals surface area contributed by atoms with Crippen LogP contribution in [0.3, 0.4) is 0 Å². The molecule has 0 aliphatic rings. The van der Waals surface area contributed by atoms with Crippen molar-refractivity contribution in [2.45, 2.75) is 6.54 Å². The maximum Gasteiger partial charge on any atom is 0.229 e. The van der Waals surface area contributed by atoms with E-state index in [0.29, 0.717) is 11.8 Å². The van der Waals surface area contributed by atoms with Gasteiger partial charge in [0.05, 0.1) is 0 Å². The standard InChI is InChI=1S/C7H7ClN4/c8-7-11-10-6-5(4-9)2-1-3-12(6)7/h1-3H,4,9H2. The Morgan fingerprint density at radius 1 is 1.50 bits per heavy atom. The molecule has 0 unspecified atom stereocenters. The lowest BCUT2D eigenvalue weighted by Gasteiger charge is -1.97. The van der Waals surface area contributed by atoms with Gasteiger partial charge in [-0.15, -0.1) is 10.2 Å². The summed E-state index contributed by atoms with van der Waals surface area (Å²) in [5, 5.41) is 7.98. The number of nitrogens with two attached hydrogens (primary N) is 1. The Kier molecular flexibility index (Phi) is 1.71. The first-order valence-corrected chi connectivity index (χ1v) is 3.89. The zero-order chi connectivity index (χ0) is 8.55. The summed E-state index contributed by atoms with van der Waals surface area (Å²) in [6, 6.07) is 3.77. The highest BCUT2D eigenvalue weighted by atomic mass is 35.5. The molecule has 0 atom stereocenters. The van der Waals surface area contributed by atoms with Crippen LogP contribution in [0.15, 0.2) is 18.3 Å². The molecule has 0 amide bonds. The fourth-order valence-electron chi connectivity index (χ4n) is 1.10. The lowest BCUT2D eigenvalue weighted by Crippen LogP contribution is -1.99. The summed E-state index contributed by atoms with van der Waals surface area (Å²) in [4.78, 5) is 0. The van der Waals surface area contributed by atoms with Gasteiger partial charge in [-0.2, -0.15) is 0 Å². The Morgan fingerprint density at radius 3 is 3.08 bits per heavy atom. The molecule has 2 heterocycles. The summed E-state index contributed by atoms with van der Waals surface area (Å²) < 4.78 is 1.70. The molecule has 2 rings (SSSR count). The van der Waals surface area contributed by atoms with E-state index in [4.69, 9.17) is 17.3 Å². The smallest absolute Gasteiger partial charge is 0.229 e. The molecule has 0 fully saturated rings. The molecule has 4 nitrogen and oxygen atoms in total. The van der Waals surface area contributed by atoms with E-state index in [0.717, 1.165) is 11.2 Å². The van der Waals surface area contributed by atoms with Gasteiger partial charge < -0.3 is 5.73 Å². The van der Waals surface area contributed by atoms with Gasteiger partial charge in [-0.05, 0) is 17.7 Å². The van der Waals surface area contributed by atoms with Gasteiger partial charge in [0.2, 0.25) is 5.28 Å². The average Bonchev–Trinajstić information content (AvgIpc) is 2.48. The van der Waals surface area contributed by atoms with Crippen LogP contribution in [0, 0.1) is 0 Å². The van der Waals surface area contributed by atoms with Crippen LogP contribution in [0.1, 0.15) is 5.56 Å². The van der Waals surface area contributed by atoms with E-state index in [1.807, 2.05) is 12.1 Å². The average molecular weight is 183 g/mol. The molecule has 0 radical (unpaired) electrons. The van der Waals surface area contributed by atoms with Crippen molar-refractivity contribution >= 4 is 17.2 Å². The Morgan fingerprint density at radius 2 is 2.33 bits per heavy atom. The number of nitrogens with zero attached hydrogens (tertiary/aromatic N) is 3. The second-order valence-electron chi connectivity index (χ2n) is 2.40. The molecule has 2 aromatic rings. The van der Waals surface area contributed by atoms with Crippen molar-refractivity contribution in [3.8, 4) is 0 Å². The number of fused-ring (bicyclic) bond motifs is 1. The molecule has 0 aliphatic carbocycles. The lowest BCUT2D eigenvalue weighted by molar-refractivity contribution is 1.04. The van der Waals surface area contributed by atoms with Crippen molar-refractivity contribution in [2.75, 3.05) is 0 Å². The van der Waals surface area contributed by atoms with E-state index in [1.54, 1.807) is 10.6 Å². The van der Waals surface area contributed by atoms with Crippen LogP contribution in [-0.4, -0.2) is 14.6 Å². The first-order chi connectivity index (χ1) is 5.83. The zero-order valence-corrected chi connectivity index (χ0v) is 6.99. The Labute approximate surface area is 74.0 Å². The van der Waals surface area contributed by atoms with Gasteiger partial charge in [-0.3, -0.25) is 4.40 Å². The Hall–Kier alpha value is -1.13. The highest BCUT2D eigenvalue weighted by molar-refractivity contribution is 6.28. The van der Waals surface area contributed by atoms with E-state index < -0.39 is 0 Å². The van der Waals surface area contributed by atoms with Gasteiger partial charge in [0.15, 0.2) is 5.65 Å². The maximum absolute atomic E-state index is 5.75. The number of hydrogen-bond donors (Lipinski definition) is 1. The molecule has 0 saturated carbocycles. The third-order valence-corrected chi connectivity index (χ3v) is 1.95. The molecule has 0 saturated heterocycles. The van der Waals surface area contributed by atoms with E-state index in [1.165, 1.54) is 0 Å². The largest absolute Gasteiger partial charge is 0.326 e. The third-order valence-electron chi connectivity index (χ3n) is 1.69. The minimum Gasteiger partial charge on any atom is -0.326 e. The molecule has 0 aromatic carbocycles. The van der Waals surface area contributed by atoms with Crippen molar-refractivity contribution in [1.82, 2.24) is 14.6 Å². The van der Waals surface area contributed by atoms with Crippen molar-refractivity contribution in [3.05, 3.63) is 29.2 Å². The first-order valence-electron chi connectivity index (χ1n) is 3.51. The van der Waals surface area contributed by atoms with E-state index in [-0.39, 0.29) is 0 Å². The molecule has 2 N–H and O–H groups in total. The van der Waals surface area contributed by atoms with Crippen LogP contribution in [0.2, 0.25) is 5.28 Å². The van der Waals surface area contributed by atoms with Crippen LogP contribution in [0.25, 0.3) is 5.65 Å². The number of halogens is 1. The SMILES string of the molecule is NCc1cccn2c(Cl)nnc12. The van der Waals surface area contributed by atoms with Gasteiger partial charge in [-0.1, -0.05) is 6.07 Å². The van der Waals surface area contributed by atoms with Crippen molar-refractivity contribution in [2.24, 2.45) is 5.73 Å². The number of rotatable bonds is 1. The normalized spacial score (nSPS) is 10.8. The van der Waals surface area contributed by atoms with Crippen molar-refractivity contribution < 1.29 is 0 Å². The minimum atomic E-state index is 0.361. The number of aromatic nitrogens is 3. The molecule has 12 heavy (non-hydrogen) atoms. The fourth-order valence-corrected chi connectivity index (χ4v) is 1.28. The first kappa shape index (κ1) is 7.52. The highest BCUT2D eigenvalue weighted by Crippen LogP contribution is 2.11. The lowest BCUT2D eigenvalue weighted by atomic mass is 10.3.